The molecule has 2 rings (SSSR count). The number of aryl methyl sites for hydroxylation is 1. The van der Waals surface area contributed by atoms with E-state index >= 15 is 0 Å². The Kier molecular flexibility index (Phi) is 2.82. The SMILES string of the molecule is Cc1ccc(N2CCCC2C)cc1Br. The van der Waals surface area contributed by atoms with Gasteiger partial charge < -0.3 is 4.90 Å². The summed E-state index contributed by atoms with van der Waals surface area (Å²) in [5, 5.41) is 0. The Balaban J connectivity index is 2.28. The van der Waals surface area contributed by atoms with E-state index in [1.807, 2.05) is 0 Å². The monoisotopic (exact) mass is 253 g/mol. The van der Waals surface area contributed by atoms with Crippen LogP contribution in [0.4, 0.5) is 5.69 Å². The van der Waals surface area contributed by atoms with Crippen LogP contribution < -0.4 is 4.90 Å². The molecule has 1 heterocycles. The van der Waals surface area contributed by atoms with Gasteiger partial charge in [0.15, 0.2) is 0 Å². The molecule has 0 bridgehead atoms. The molecule has 1 aromatic rings. The van der Waals surface area contributed by atoms with Crippen LogP contribution >= 0.6 is 15.9 Å². The lowest BCUT2D eigenvalue weighted by Crippen LogP contribution is -2.26. The normalized spacial score (nSPS) is 21.6. The molecular weight excluding hydrogens is 238 g/mol. The Hall–Kier alpha value is -0.500. The average molecular weight is 254 g/mol. The van der Waals surface area contributed by atoms with Gasteiger partial charge in [-0.25, -0.2) is 0 Å². The van der Waals surface area contributed by atoms with Crippen molar-refractivity contribution in [3.05, 3.63) is 28.2 Å². The van der Waals surface area contributed by atoms with Crippen molar-refractivity contribution in [1.82, 2.24) is 0 Å². The number of rotatable bonds is 1. The maximum absolute atomic E-state index is 3.59. The second-order valence-corrected chi connectivity index (χ2v) is 4.97. The highest BCUT2D eigenvalue weighted by Gasteiger charge is 2.20. The predicted octanol–water partition coefficient (Wildman–Crippen LogP) is 3.75. The molecule has 1 aliphatic rings. The van der Waals surface area contributed by atoms with Crippen LogP contribution in [-0.4, -0.2) is 12.6 Å². The molecule has 0 spiro atoms. The molecular formula is C12H16BrN. The topological polar surface area (TPSA) is 3.24 Å². The molecule has 2 heteroatoms. The Bertz CT molecular complexity index is 335. The second kappa shape index (κ2) is 3.93. The summed E-state index contributed by atoms with van der Waals surface area (Å²) >= 11 is 3.59. The van der Waals surface area contributed by atoms with Crippen molar-refractivity contribution in [3.63, 3.8) is 0 Å². The molecule has 0 aliphatic carbocycles. The minimum absolute atomic E-state index is 0.699. The third-order valence-electron chi connectivity index (χ3n) is 3.04. The van der Waals surface area contributed by atoms with E-state index in [1.54, 1.807) is 0 Å². The van der Waals surface area contributed by atoms with Crippen LogP contribution in [0.1, 0.15) is 25.3 Å². The highest BCUT2D eigenvalue weighted by molar-refractivity contribution is 9.10. The summed E-state index contributed by atoms with van der Waals surface area (Å²) in [6.07, 6.45) is 2.65. The molecule has 1 aliphatic heterocycles. The first kappa shape index (κ1) is 10.0. The van der Waals surface area contributed by atoms with Gasteiger partial charge in [0.25, 0.3) is 0 Å². The lowest BCUT2D eigenvalue weighted by atomic mass is 10.2. The van der Waals surface area contributed by atoms with E-state index in [0.717, 1.165) is 0 Å². The van der Waals surface area contributed by atoms with Crippen molar-refractivity contribution in [2.24, 2.45) is 0 Å². The zero-order valence-corrected chi connectivity index (χ0v) is 10.3. The van der Waals surface area contributed by atoms with Gasteiger partial charge >= 0.3 is 0 Å². The van der Waals surface area contributed by atoms with Crippen molar-refractivity contribution in [2.75, 3.05) is 11.4 Å². The summed E-state index contributed by atoms with van der Waals surface area (Å²) in [4.78, 5) is 2.49. The van der Waals surface area contributed by atoms with Crippen LogP contribution in [0.25, 0.3) is 0 Å². The first-order valence-corrected chi connectivity index (χ1v) is 6.00. The molecule has 1 aromatic carbocycles. The van der Waals surface area contributed by atoms with E-state index in [4.69, 9.17) is 0 Å². The fourth-order valence-corrected chi connectivity index (χ4v) is 2.44. The largest absolute Gasteiger partial charge is 0.369 e. The van der Waals surface area contributed by atoms with Crippen molar-refractivity contribution in [2.45, 2.75) is 32.7 Å². The molecule has 1 saturated heterocycles. The van der Waals surface area contributed by atoms with Crippen LogP contribution in [0, 0.1) is 6.92 Å². The Labute approximate surface area is 94.2 Å². The van der Waals surface area contributed by atoms with Gasteiger partial charge in [-0.1, -0.05) is 22.0 Å². The molecule has 1 nitrogen and oxygen atoms in total. The third kappa shape index (κ3) is 1.81. The van der Waals surface area contributed by atoms with Crippen LogP contribution in [0.3, 0.4) is 0 Å². The summed E-state index contributed by atoms with van der Waals surface area (Å²) in [5.41, 5.74) is 2.66. The maximum Gasteiger partial charge on any atom is 0.0380 e. The molecule has 0 N–H and O–H groups in total. The smallest absolute Gasteiger partial charge is 0.0380 e. The van der Waals surface area contributed by atoms with Gasteiger partial charge in [0, 0.05) is 22.7 Å². The summed E-state index contributed by atoms with van der Waals surface area (Å²) in [5.74, 6) is 0. The number of nitrogens with zero attached hydrogens (tertiary/aromatic N) is 1. The van der Waals surface area contributed by atoms with Gasteiger partial charge in [0.2, 0.25) is 0 Å². The predicted molar refractivity (Wildman–Crippen MR) is 64.9 cm³/mol. The average Bonchev–Trinajstić information content (AvgIpc) is 2.57. The van der Waals surface area contributed by atoms with E-state index in [2.05, 4.69) is 52.9 Å². The summed E-state index contributed by atoms with van der Waals surface area (Å²) in [6.45, 7) is 5.64. The van der Waals surface area contributed by atoms with Crippen molar-refractivity contribution in [3.8, 4) is 0 Å². The molecule has 1 fully saturated rings. The van der Waals surface area contributed by atoms with Crippen LogP contribution in [0.15, 0.2) is 22.7 Å². The highest BCUT2D eigenvalue weighted by atomic mass is 79.9. The fraction of sp³-hybridized carbons (Fsp3) is 0.500. The van der Waals surface area contributed by atoms with Crippen LogP contribution in [0.2, 0.25) is 0 Å². The Morgan fingerprint density at radius 1 is 1.43 bits per heavy atom. The quantitative estimate of drug-likeness (QED) is 0.737. The first-order chi connectivity index (χ1) is 6.68. The van der Waals surface area contributed by atoms with E-state index in [-0.39, 0.29) is 0 Å². The number of anilines is 1. The minimum Gasteiger partial charge on any atom is -0.369 e. The van der Waals surface area contributed by atoms with E-state index in [0.29, 0.717) is 6.04 Å². The highest BCUT2D eigenvalue weighted by Crippen LogP contribution is 2.28. The van der Waals surface area contributed by atoms with Gasteiger partial charge in [0.1, 0.15) is 0 Å². The van der Waals surface area contributed by atoms with Crippen LogP contribution in [-0.2, 0) is 0 Å². The van der Waals surface area contributed by atoms with Crippen LogP contribution in [0.5, 0.6) is 0 Å². The fourth-order valence-electron chi connectivity index (χ4n) is 2.08. The van der Waals surface area contributed by atoms with Gasteiger partial charge in [-0.05, 0) is 44.4 Å². The zero-order chi connectivity index (χ0) is 10.1. The van der Waals surface area contributed by atoms with E-state index < -0.39 is 0 Å². The number of halogens is 1. The molecule has 0 saturated carbocycles. The molecule has 1 atom stereocenters. The van der Waals surface area contributed by atoms with Gasteiger partial charge in [-0.2, -0.15) is 0 Å². The van der Waals surface area contributed by atoms with Gasteiger partial charge in [0.05, 0.1) is 0 Å². The molecule has 0 radical (unpaired) electrons. The molecule has 1 unspecified atom stereocenters. The molecule has 76 valence electrons. The summed E-state index contributed by atoms with van der Waals surface area (Å²) < 4.78 is 1.22. The standard InChI is InChI=1S/C12H16BrN/c1-9-5-6-11(8-12(9)13)14-7-3-4-10(14)2/h5-6,8,10H,3-4,7H2,1-2H3. The van der Waals surface area contributed by atoms with Crippen molar-refractivity contribution < 1.29 is 0 Å². The zero-order valence-electron chi connectivity index (χ0n) is 8.76. The Morgan fingerprint density at radius 3 is 2.79 bits per heavy atom. The molecule has 0 amide bonds. The van der Waals surface area contributed by atoms with Crippen molar-refractivity contribution in [1.29, 1.82) is 0 Å². The first-order valence-electron chi connectivity index (χ1n) is 5.21. The second-order valence-electron chi connectivity index (χ2n) is 4.12. The maximum atomic E-state index is 3.59. The third-order valence-corrected chi connectivity index (χ3v) is 3.89. The van der Waals surface area contributed by atoms with Crippen molar-refractivity contribution >= 4 is 21.6 Å². The Morgan fingerprint density at radius 2 is 2.21 bits per heavy atom. The molecule has 0 aromatic heterocycles. The lowest BCUT2D eigenvalue weighted by molar-refractivity contribution is 0.735. The number of benzene rings is 1. The number of hydrogen-bond donors (Lipinski definition) is 0. The summed E-state index contributed by atoms with van der Waals surface area (Å²) in [7, 11) is 0. The van der Waals surface area contributed by atoms with E-state index in [9.17, 15) is 0 Å². The summed E-state index contributed by atoms with van der Waals surface area (Å²) in [6, 6.07) is 7.34. The minimum atomic E-state index is 0.699. The lowest BCUT2D eigenvalue weighted by Gasteiger charge is -2.24. The number of hydrogen-bond acceptors (Lipinski definition) is 1. The van der Waals surface area contributed by atoms with Gasteiger partial charge in [-0.3, -0.25) is 0 Å². The van der Waals surface area contributed by atoms with E-state index in [1.165, 1.54) is 35.1 Å². The molecule has 14 heavy (non-hydrogen) atoms. The van der Waals surface area contributed by atoms with Gasteiger partial charge in [-0.15, -0.1) is 0 Å².